The van der Waals surface area contributed by atoms with E-state index in [9.17, 15) is 4.79 Å². The third-order valence-corrected chi connectivity index (χ3v) is 3.39. The topological polar surface area (TPSA) is 40.5 Å². The summed E-state index contributed by atoms with van der Waals surface area (Å²) in [5, 5.41) is 9.76. The number of aryl methyl sites for hydroxylation is 3. The van der Waals surface area contributed by atoms with Gasteiger partial charge in [0.25, 0.3) is 5.91 Å². The molecule has 2 aromatic carbocycles. The minimum absolute atomic E-state index is 0.408. The van der Waals surface area contributed by atoms with Crippen LogP contribution < -0.4 is 0 Å². The molecule has 3 nitrogen and oxygen atoms in total. The first kappa shape index (κ1) is 14.3. The van der Waals surface area contributed by atoms with E-state index in [0.717, 1.165) is 5.56 Å². The predicted octanol–water partition coefficient (Wildman–Crippen LogP) is 3.74. The van der Waals surface area contributed by atoms with Gasteiger partial charge in [-0.1, -0.05) is 29.8 Å². The summed E-state index contributed by atoms with van der Waals surface area (Å²) in [4.78, 5) is 11.6. The van der Waals surface area contributed by atoms with Crippen LogP contribution in [0.4, 0.5) is 0 Å². The Morgan fingerprint density at radius 1 is 1.00 bits per heavy atom. The van der Waals surface area contributed by atoms with Crippen LogP contribution in [0.15, 0.2) is 36.4 Å². The van der Waals surface area contributed by atoms with Crippen molar-refractivity contribution in [3.8, 4) is 11.1 Å². The molecule has 0 saturated carbocycles. The molecule has 3 heteroatoms. The van der Waals surface area contributed by atoms with E-state index in [2.05, 4.69) is 32.9 Å². The predicted molar refractivity (Wildman–Crippen MR) is 80.0 cm³/mol. The molecule has 0 atom stereocenters. The fourth-order valence-corrected chi connectivity index (χ4v) is 2.60. The van der Waals surface area contributed by atoms with E-state index in [-0.39, 0.29) is 0 Å². The SMILES string of the molecule is Cc1cc(C)c(-c2ccc(C(=O)N(C)O)cc2)c(C)c1. The summed E-state index contributed by atoms with van der Waals surface area (Å²) < 4.78 is 0. The van der Waals surface area contributed by atoms with Gasteiger partial charge >= 0.3 is 0 Å². The van der Waals surface area contributed by atoms with E-state index < -0.39 is 5.91 Å². The molecule has 0 fully saturated rings. The normalized spacial score (nSPS) is 10.4. The monoisotopic (exact) mass is 269 g/mol. The Hall–Kier alpha value is -2.13. The summed E-state index contributed by atoms with van der Waals surface area (Å²) in [5.41, 5.74) is 6.45. The minimum atomic E-state index is -0.408. The average Bonchev–Trinajstić information content (AvgIpc) is 2.37. The molecule has 0 aliphatic rings. The summed E-state index contributed by atoms with van der Waals surface area (Å²) in [7, 11) is 1.32. The lowest BCUT2D eigenvalue weighted by Gasteiger charge is -2.13. The summed E-state index contributed by atoms with van der Waals surface area (Å²) >= 11 is 0. The fourth-order valence-electron chi connectivity index (χ4n) is 2.60. The van der Waals surface area contributed by atoms with Crippen LogP contribution in [0.25, 0.3) is 11.1 Å². The summed E-state index contributed by atoms with van der Waals surface area (Å²) in [6.45, 7) is 6.27. The number of carbonyl (C=O) groups is 1. The second kappa shape index (κ2) is 5.47. The van der Waals surface area contributed by atoms with Crippen molar-refractivity contribution in [2.24, 2.45) is 0 Å². The van der Waals surface area contributed by atoms with Gasteiger partial charge in [0.1, 0.15) is 0 Å². The zero-order chi connectivity index (χ0) is 14.9. The quantitative estimate of drug-likeness (QED) is 0.666. The highest BCUT2D eigenvalue weighted by Gasteiger charge is 2.11. The zero-order valence-electron chi connectivity index (χ0n) is 12.3. The van der Waals surface area contributed by atoms with Gasteiger partial charge in [0.05, 0.1) is 0 Å². The van der Waals surface area contributed by atoms with Crippen LogP contribution >= 0.6 is 0 Å². The maximum absolute atomic E-state index is 11.6. The van der Waals surface area contributed by atoms with E-state index in [4.69, 9.17) is 5.21 Å². The molecule has 0 aliphatic carbocycles. The van der Waals surface area contributed by atoms with Gasteiger partial charge in [0.2, 0.25) is 0 Å². The van der Waals surface area contributed by atoms with Crippen molar-refractivity contribution in [1.82, 2.24) is 5.06 Å². The van der Waals surface area contributed by atoms with Gasteiger partial charge in [0, 0.05) is 12.6 Å². The molecule has 0 unspecified atom stereocenters. The third-order valence-electron chi connectivity index (χ3n) is 3.39. The number of carbonyl (C=O) groups excluding carboxylic acids is 1. The highest BCUT2D eigenvalue weighted by Crippen LogP contribution is 2.28. The van der Waals surface area contributed by atoms with Crippen LogP contribution in [0.3, 0.4) is 0 Å². The first-order chi connectivity index (χ1) is 9.40. The second-order valence-electron chi connectivity index (χ2n) is 5.18. The molecule has 1 amide bonds. The van der Waals surface area contributed by atoms with Gasteiger partial charge in [-0.25, -0.2) is 5.06 Å². The Kier molecular flexibility index (Phi) is 3.91. The van der Waals surface area contributed by atoms with Crippen LogP contribution in [-0.2, 0) is 0 Å². The molecule has 2 aromatic rings. The maximum Gasteiger partial charge on any atom is 0.276 e. The van der Waals surface area contributed by atoms with Crippen LogP contribution in [0.1, 0.15) is 27.0 Å². The van der Waals surface area contributed by atoms with Gasteiger partial charge in [-0.3, -0.25) is 10.0 Å². The maximum atomic E-state index is 11.6. The molecule has 104 valence electrons. The van der Waals surface area contributed by atoms with E-state index >= 15 is 0 Å². The van der Waals surface area contributed by atoms with E-state index in [1.54, 1.807) is 12.1 Å². The van der Waals surface area contributed by atoms with Crippen molar-refractivity contribution in [3.05, 3.63) is 58.7 Å². The van der Waals surface area contributed by atoms with Crippen molar-refractivity contribution in [2.75, 3.05) is 7.05 Å². The molecule has 20 heavy (non-hydrogen) atoms. The van der Waals surface area contributed by atoms with Crippen molar-refractivity contribution < 1.29 is 10.0 Å². The summed E-state index contributed by atoms with van der Waals surface area (Å²) in [5.74, 6) is -0.408. The molecule has 1 N–H and O–H groups in total. The lowest BCUT2D eigenvalue weighted by atomic mass is 9.93. The Labute approximate surface area is 119 Å². The number of rotatable bonds is 2. The standard InChI is InChI=1S/C17H19NO2/c1-11-9-12(2)16(13(3)10-11)14-5-7-15(8-6-14)17(19)18(4)20/h5-10,20H,1-4H3. The molecule has 0 bridgehead atoms. The number of hydrogen-bond acceptors (Lipinski definition) is 2. The largest absolute Gasteiger partial charge is 0.286 e. The van der Waals surface area contributed by atoms with Gasteiger partial charge in [-0.15, -0.1) is 0 Å². The van der Waals surface area contributed by atoms with Gasteiger partial charge in [0.15, 0.2) is 0 Å². The number of amides is 1. The Morgan fingerprint density at radius 2 is 1.50 bits per heavy atom. The highest BCUT2D eigenvalue weighted by atomic mass is 16.5. The molecular formula is C17H19NO2. The molecule has 0 aromatic heterocycles. The summed E-state index contributed by atoms with van der Waals surface area (Å²) in [6, 6.07) is 11.6. The van der Waals surface area contributed by atoms with Crippen LogP contribution in [0.2, 0.25) is 0 Å². The van der Waals surface area contributed by atoms with Gasteiger partial charge in [-0.05, 0) is 55.2 Å². The third kappa shape index (κ3) is 2.73. The van der Waals surface area contributed by atoms with Crippen molar-refractivity contribution in [3.63, 3.8) is 0 Å². The first-order valence-electron chi connectivity index (χ1n) is 6.55. The number of nitrogens with zero attached hydrogens (tertiary/aromatic N) is 1. The Morgan fingerprint density at radius 3 is 1.95 bits per heavy atom. The first-order valence-corrected chi connectivity index (χ1v) is 6.55. The minimum Gasteiger partial charge on any atom is -0.286 e. The fraction of sp³-hybridized carbons (Fsp3) is 0.235. The molecule has 2 rings (SSSR count). The lowest BCUT2D eigenvalue weighted by Crippen LogP contribution is -2.22. The van der Waals surface area contributed by atoms with E-state index in [1.165, 1.54) is 29.3 Å². The van der Waals surface area contributed by atoms with Crippen LogP contribution in [0, 0.1) is 20.8 Å². The van der Waals surface area contributed by atoms with Crippen LogP contribution in [-0.4, -0.2) is 23.2 Å². The number of hydroxylamine groups is 2. The zero-order valence-corrected chi connectivity index (χ0v) is 12.3. The molecule has 0 aliphatic heterocycles. The van der Waals surface area contributed by atoms with Crippen molar-refractivity contribution in [2.45, 2.75) is 20.8 Å². The summed E-state index contributed by atoms with van der Waals surface area (Å²) in [6.07, 6.45) is 0. The van der Waals surface area contributed by atoms with Crippen LogP contribution in [0.5, 0.6) is 0 Å². The smallest absolute Gasteiger partial charge is 0.276 e. The van der Waals surface area contributed by atoms with E-state index in [1.807, 2.05) is 12.1 Å². The van der Waals surface area contributed by atoms with Gasteiger partial charge in [-0.2, -0.15) is 0 Å². The van der Waals surface area contributed by atoms with Crippen molar-refractivity contribution in [1.29, 1.82) is 0 Å². The molecular weight excluding hydrogens is 250 g/mol. The molecule has 0 heterocycles. The van der Waals surface area contributed by atoms with Gasteiger partial charge < -0.3 is 0 Å². The van der Waals surface area contributed by atoms with E-state index in [0.29, 0.717) is 10.6 Å². The Bertz CT molecular complexity index is 620. The van der Waals surface area contributed by atoms with Crippen molar-refractivity contribution >= 4 is 5.91 Å². The Balaban J connectivity index is 2.43. The molecule has 0 saturated heterocycles. The number of benzene rings is 2. The average molecular weight is 269 g/mol. The second-order valence-corrected chi connectivity index (χ2v) is 5.18. The molecule has 0 radical (unpaired) electrons. The number of hydrogen-bond donors (Lipinski definition) is 1. The highest BCUT2D eigenvalue weighted by molar-refractivity contribution is 5.93. The molecule has 0 spiro atoms. The lowest BCUT2D eigenvalue weighted by molar-refractivity contribution is -0.0374.